The highest BCUT2D eigenvalue weighted by atomic mass is 35.5. The van der Waals surface area contributed by atoms with Crippen LogP contribution in [0.5, 0.6) is 0 Å². The molecule has 1 N–H and O–H groups in total. The molecule has 1 aromatic carbocycles. The maximum absolute atomic E-state index is 13.2. The van der Waals surface area contributed by atoms with Gasteiger partial charge in [0.2, 0.25) is 0 Å². The number of hydrogen-bond donors (Lipinski definition) is 1. The smallest absolute Gasteiger partial charge is 0.295 e. The molecule has 0 saturated carbocycles. The van der Waals surface area contributed by atoms with Crippen LogP contribution in [0.4, 0.5) is 4.39 Å². The van der Waals surface area contributed by atoms with Crippen LogP contribution in [0, 0.1) is 5.82 Å². The maximum Gasteiger partial charge on any atom is 0.328 e. The Bertz CT molecular complexity index is 709. The lowest BCUT2D eigenvalue weighted by Gasteiger charge is -2.06. The molecule has 1 aromatic heterocycles. The van der Waals surface area contributed by atoms with E-state index in [0.717, 1.165) is 0 Å². The number of aromatic nitrogens is 2. The fourth-order valence-corrected chi connectivity index (χ4v) is 1.72. The summed E-state index contributed by atoms with van der Waals surface area (Å²) < 4.78 is 14.4. The van der Waals surface area contributed by atoms with Gasteiger partial charge in [-0.2, -0.15) is 0 Å². The van der Waals surface area contributed by atoms with E-state index >= 15 is 0 Å². The topological polar surface area (TPSA) is 54.9 Å². The van der Waals surface area contributed by atoms with Crippen LogP contribution < -0.4 is 11.2 Å². The lowest BCUT2D eigenvalue weighted by Crippen LogP contribution is -2.29. The first-order valence-corrected chi connectivity index (χ1v) is 5.66. The van der Waals surface area contributed by atoms with Gasteiger partial charge in [0.05, 0.1) is 11.6 Å². The molecule has 7 heteroatoms. The molecule has 0 aliphatic carbocycles. The van der Waals surface area contributed by atoms with E-state index in [2.05, 4.69) is 4.98 Å². The van der Waals surface area contributed by atoms with Gasteiger partial charge in [-0.1, -0.05) is 29.3 Å². The minimum Gasteiger partial charge on any atom is -0.295 e. The van der Waals surface area contributed by atoms with E-state index in [4.69, 9.17) is 23.2 Å². The molecule has 0 amide bonds. The monoisotopic (exact) mass is 288 g/mol. The molecule has 0 unspecified atom stereocenters. The van der Waals surface area contributed by atoms with Gasteiger partial charge in [0.15, 0.2) is 0 Å². The molecular formula is C11H7Cl2FN2O2. The Morgan fingerprint density at radius 1 is 1.22 bits per heavy atom. The lowest BCUT2D eigenvalue weighted by atomic mass is 10.2. The molecule has 18 heavy (non-hydrogen) atoms. The normalized spacial score (nSPS) is 10.6. The standard InChI is InChI=1S/C11H7Cl2FN2O2/c12-7-2-1-6(3-9(7)14)4-16-5-8(13)10(17)15-11(16)18/h1-3,5H,4H2,(H,15,17,18). The van der Waals surface area contributed by atoms with Crippen molar-refractivity contribution < 1.29 is 4.39 Å². The first kappa shape index (κ1) is 12.9. The zero-order chi connectivity index (χ0) is 13.3. The van der Waals surface area contributed by atoms with Gasteiger partial charge in [-0.25, -0.2) is 9.18 Å². The van der Waals surface area contributed by atoms with Crippen LogP contribution >= 0.6 is 23.2 Å². The van der Waals surface area contributed by atoms with Gasteiger partial charge >= 0.3 is 5.69 Å². The van der Waals surface area contributed by atoms with Crippen molar-refractivity contribution in [2.24, 2.45) is 0 Å². The minimum atomic E-state index is -0.653. The Hall–Kier alpha value is -1.59. The number of H-pyrrole nitrogens is 1. The molecule has 2 rings (SSSR count). The second kappa shape index (κ2) is 4.96. The van der Waals surface area contributed by atoms with Crippen molar-refractivity contribution >= 4 is 23.2 Å². The maximum atomic E-state index is 13.2. The van der Waals surface area contributed by atoms with Crippen molar-refractivity contribution in [1.82, 2.24) is 9.55 Å². The van der Waals surface area contributed by atoms with Crippen LogP contribution in [0.3, 0.4) is 0 Å². The second-order valence-electron chi connectivity index (χ2n) is 3.61. The highest BCUT2D eigenvalue weighted by Gasteiger charge is 2.05. The molecule has 1 heterocycles. The number of halogens is 3. The average Bonchev–Trinajstić information content (AvgIpc) is 2.31. The third kappa shape index (κ3) is 2.63. The van der Waals surface area contributed by atoms with Gasteiger partial charge in [-0.3, -0.25) is 14.3 Å². The average molecular weight is 289 g/mol. The number of rotatable bonds is 2. The highest BCUT2D eigenvalue weighted by Crippen LogP contribution is 2.16. The molecule has 2 aromatic rings. The predicted molar refractivity (Wildman–Crippen MR) is 66.8 cm³/mol. The van der Waals surface area contributed by atoms with Crippen LogP contribution in [0.25, 0.3) is 0 Å². The summed E-state index contributed by atoms with van der Waals surface area (Å²) in [5.41, 5.74) is -0.734. The van der Waals surface area contributed by atoms with Gasteiger partial charge in [-0.15, -0.1) is 0 Å². The van der Waals surface area contributed by atoms with E-state index in [1.165, 1.54) is 22.9 Å². The molecule has 0 bridgehead atoms. The third-order valence-corrected chi connectivity index (χ3v) is 2.88. The van der Waals surface area contributed by atoms with Gasteiger partial charge in [0.1, 0.15) is 10.8 Å². The van der Waals surface area contributed by atoms with Crippen molar-refractivity contribution in [3.8, 4) is 0 Å². The molecule has 4 nitrogen and oxygen atoms in total. The highest BCUT2D eigenvalue weighted by molar-refractivity contribution is 6.30. The summed E-state index contributed by atoms with van der Waals surface area (Å²) in [4.78, 5) is 24.6. The van der Waals surface area contributed by atoms with Crippen LogP contribution in [-0.4, -0.2) is 9.55 Å². The van der Waals surface area contributed by atoms with Crippen LogP contribution in [0.15, 0.2) is 34.0 Å². The predicted octanol–water partition coefficient (Wildman–Crippen LogP) is 2.03. The molecule has 94 valence electrons. The Labute approximate surface area is 111 Å². The van der Waals surface area contributed by atoms with E-state index in [9.17, 15) is 14.0 Å². The van der Waals surface area contributed by atoms with Crippen LogP contribution in [0.2, 0.25) is 10.0 Å². The number of hydrogen-bond acceptors (Lipinski definition) is 2. The number of benzene rings is 1. The number of aromatic amines is 1. The zero-order valence-corrected chi connectivity index (χ0v) is 10.4. The van der Waals surface area contributed by atoms with E-state index in [1.54, 1.807) is 6.07 Å². The van der Waals surface area contributed by atoms with E-state index < -0.39 is 17.1 Å². The first-order chi connectivity index (χ1) is 8.47. The molecule has 0 spiro atoms. The van der Waals surface area contributed by atoms with E-state index in [-0.39, 0.29) is 16.6 Å². The van der Waals surface area contributed by atoms with Crippen LogP contribution in [0.1, 0.15) is 5.56 Å². The molecule has 0 aliphatic heterocycles. The molecule has 0 radical (unpaired) electrons. The first-order valence-electron chi connectivity index (χ1n) is 4.90. The summed E-state index contributed by atoms with van der Waals surface area (Å²) in [6.07, 6.45) is 1.20. The van der Waals surface area contributed by atoms with Crippen molar-refractivity contribution in [3.63, 3.8) is 0 Å². The molecule has 0 saturated heterocycles. The van der Waals surface area contributed by atoms with Crippen LogP contribution in [-0.2, 0) is 6.54 Å². The summed E-state index contributed by atoms with van der Waals surface area (Å²) in [7, 11) is 0. The lowest BCUT2D eigenvalue weighted by molar-refractivity contribution is 0.622. The summed E-state index contributed by atoms with van der Waals surface area (Å²) in [5, 5.41) is -0.102. The van der Waals surface area contributed by atoms with E-state index in [0.29, 0.717) is 5.56 Å². The van der Waals surface area contributed by atoms with Crippen molar-refractivity contribution in [3.05, 3.63) is 66.7 Å². The number of nitrogens with one attached hydrogen (secondary N) is 1. The van der Waals surface area contributed by atoms with E-state index in [1.807, 2.05) is 0 Å². The molecule has 0 fully saturated rings. The zero-order valence-electron chi connectivity index (χ0n) is 8.91. The summed E-state index contributed by atoms with van der Waals surface area (Å²) >= 11 is 11.2. The SMILES string of the molecule is O=c1[nH]c(=O)n(Cc2ccc(Cl)c(F)c2)cc1Cl. The Morgan fingerprint density at radius 3 is 2.61 bits per heavy atom. The van der Waals surface area contributed by atoms with Crippen molar-refractivity contribution in [2.45, 2.75) is 6.54 Å². The summed E-state index contributed by atoms with van der Waals surface area (Å²) in [6, 6.07) is 4.19. The largest absolute Gasteiger partial charge is 0.328 e. The fourth-order valence-electron chi connectivity index (χ4n) is 1.43. The quantitative estimate of drug-likeness (QED) is 0.919. The minimum absolute atomic E-state index is 0.00518. The van der Waals surface area contributed by atoms with Crippen molar-refractivity contribution in [2.75, 3.05) is 0 Å². The number of nitrogens with zero attached hydrogens (tertiary/aromatic N) is 1. The Morgan fingerprint density at radius 2 is 1.94 bits per heavy atom. The van der Waals surface area contributed by atoms with Crippen molar-refractivity contribution in [1.29, 1.82) is 0 Å². The summed E-state index contributed by atoms with van der Waals surface area (Å²) in [5.74, 6) is -0.572. The van der Waals surface area contributed by atoms with Gasteiger partial charge in [0, 0.05) is 6.20 Å². The Kier molecular flexibility index (Phi) is 3.54. The molecule has 0 aliphatic rings. The van der Waals surface area contributed by atoms with Gasteiger partial charge in [-0.05, 0) is 17.7 Å². The third-order valence-electron chi connectivity index (χ3n) is 2.30. The van der Waals surface area contributed by atoms with Gasteiger partial charge < -0.3 is 0 Å². The second-order valence-corrected chi connectivity index (χ2v) is 4.43. The molecule has 0 atom stereocenters. The summed E-state index contributed by atoms with van der Waals surface area (Å²) in [6.45, 7) is 0.0867. The molecular weight excluding hydrogens is 282 g/mol. The van der Waals surface area contributed by atoms with Gasteiger partial charge in [0.25, 0.3) is 5.56 Å². The fraction of sp³-hybridized carbons (Fsp3) is 0.0909. The Balaban J connectivity index is 2.40.